The number of hydrogen-bond acceptors (Lipinski definition) is 4. The van der Waals surface area contributed by atoms with Gasteiger partial charge in [0.1, 0.15) is 0 Å². The van der Waals surface area contributed by atoms with Gasteiger partial charge in [0, 0.05) is 30.7 Å². The van der Waals surface area contributed by atoms with Gasteiger partial charge in [-0.05, 0) is 48.1 Å². The standard InChI is InChI=1S/C18H22N2O3S2/c1-3-19(4-2)25(22,23)16-7-8-17-14(12-16)6-5-10-20(17)18(21)15-9-11-24-13-15/h7-9,11-13H,3-6,10H2,1-2H3. The van der Waals surface area contributed by atoms with Gasteiger partial charge in [-0.1, -0.05) is 13.8 Å². The van der Waals surface area contributed by atoms with Gasteiger partial charge >= 0.3 is 0 Å². The Balaban J connectivity index is 1.97. The van der Waals surface area contributed by atoms with Crippen molar-refractivity contribution in [1.82, 2.24) is 4.31 Å². The highest BCUT2D eigenvalue weighted by Crippen LogP contribution is 2.31. The van der Waals surface area contributed by atoms with Crippen LogP contribution in [0.5, 0.6) is 0 Å². The van der Waals surface area contributed by atoms with Crippen LogP contribution < -0.4 is 4.90 Å². The lowest BCUT2D eigenvalue weighted by molar-refractivity contribution is 0.0985. The van der Waals surface area contributed by atoms with Crippen LogP contribution in [0.15, 0.2) is 39.9 Å². The summed E-state index contributed by atoms with van der Waals surface area (Å²) in [6.45, 7) is 5.21. The van der Waals surface area contributed by atoms with Gasteiger partial charge in [0.05, 0.1) is 10.5 Å². The molecule has 1 aliphatic heterocycles. The molecule has 0 radical (unpaired) electrons. The highest BCUT2D eigenvalue weighted by atomic mass is 32.2. The van der Waals surface area contributed by atoms with Crippen LogP contribution in [0.4, 0.5) is 5.69 Å². The Morgan fingerprint density at radius 3 is 2.64 bits per heavy atom. The van der Waals surface area contributed by atoms with E-state index in [2.05, 4.69) is 0 Å². The number of carbonyl (C=O) groups excluding carboxylic acids is 1. The molecule has 134 valence electrons. The Morgan fingerprint density at radius 2 is 2.00 bits per heavy atom. The van der Waals surface area contributed by atoms with Crippen LogP contribution in [-0.2, 0) is 16.4 Å². The molecule has 0 aliphatic carbocycles. The molecule has 0 fully saturated rings. The fraction of sp³-hybridized carbons (Fsp3) is 0.389. The molecular weight excluding hydrogens is 356 g/mol. The van der Waals surface area contributed by atoms with Gasteiger partial charge in [-0.15, -0.1) is 0 Å². The molecule has 0 saturated heterocycles. The summed E-state index contributed by atoms with van der Waals surface area (Å²) < 4.78 is 26.9. The summed E-state index contributed by atoms with van der Waals surface area (Å²) in [6.07, 6.45) is 1.61. The van der Waals surface area contributed by atoms with E-state index >= 15 is 0 Å². The van der Waals surface area contributed by atoms with E-state index in [1.165, 1.54) is 15.6 Å². The van der Waals surface area contributed by atoms with Crippen LogP contribution in [0.1, 0.15) is 36.2 Å². The van der Waals surface area contributed by atoms with Gasteiger partial charge < -0.3 is 4.90 Å². The minimum Gasteiger partial charge on any atom is -0.308 e. The molecule has 1 amide bonds. The second-order valence-electron chi connectivity index (χ2n) is 5.95. The Hall–Kier alpha value is -1.70. The quantitative estimate of drug-likeness (QED) is 0.801. The van der Waals surface area contributed by atoms with Crippen LogP contribution >= 0.6 is 11.3 Å². The topological polar surface area (TPSA) is 57.7 Å². The summed E-state index contributed by atoms with van der Waals surface area (Å²) in [5, 5.41) is 3.73. The van der Waals surface area contributed by atoms with Crippen molar-refractivity contribution in [2.75, 3.05) is 24.5 Å². The van der Waals surface area contributed by atoms with Crippen molar-refractivity contribution in [3.63, 3.8) is 0 Å². The van der Waals surface area contributed by atoms with E-state index < -0.39 is 10.0 Å². The SMILES string of the molecule is CCN(CC)S(=O)(=O)c1ccc2c(c1)CCCN2C(=O)c1ccsc1. The maximum Gasteiger partial charge on any atom is 0.259 e. The molecular formula is C18H22N2O3S2. The second kappa shape index (κ2) is 7.27. The maximum atomic E-state index is 12.7. The zero-order valence-electron chi connectivity index (χ0n) is 14.4. The van der Waals surface area contributed by atoms with Crippen molar-refractivity contribution in [2.45, 2.75) is 31.6 Å². The number of thiophene rings is 1. The monoisotopic (exact) mass is 378 g/mol. The summed E-state index contributed by atoms with van der Waals surface area (Å²) in [5.41, 5.74) is 2.42. The number of hydrogen-bond donors (Lipinski definition) is 0. The fourth-order valence-corrected chi connectivity index (χ4v) is 5.34. The summed E-state index contributed by atoms with van der Waals surface area (Å²) in [6, 6.07) is 6.94. The molecule has 0 spiro atoms. The number of fused-ring (bicyclic) bond motifs is 1. The number of benzene rings is 1. The molecule has 0 N–H and O–H groups in total. The first-order valence-corrected chi connectivity index (χ1v) is 10.8. The average Bonchev–Trinajstić information content (AvgIpc) is 3.15. The molecule has 2 heterocycles. The maximum absolute atomic E-state index is 12.7. The Kier molecular flexibility index (Phi) is 5.27. The van der Waals surface area contributed by atoms with Crippen molar-refractivity contribution < 1.29 is 13.2 Å². The molecule has 1 aromatic heterocycles. The number of aryl methyl sites for hydroxylation is 1. The Morgan fingerprint density at radius 1 is 1.24 bits per heavy atom. The largest absolute Gasteiger partial charge is 0.308 e. The van der Waals surface area contributed by atoms with E-state index in [0.717, 1.165) is 24.1 Å². The molecule has 5 nitrogen and oxygen atoms in total. The number of carbonyl (C=O) groups is 1. The van der Waals surface area contributed by atoms with Crippen molar-refractivity contribution in [2.24, 2.45) is 0 Å². The summed E-state index contributed by atoms with van der Waals surface area (Å²) >= 11 is 1.49. The molecule has 7 heteroatoms. The zero-order chi connectivity index (χ0) is 18.0. The van der Waals surface area contributed by atoms with E-state index in [-0.39, 0.29) is 5.91 Å². The van der Waals surface area contributed by atoms with Crippen LogP contribution in [0.25, 0.3) is 0 Å². The van der Waals surface area contributed by atoms with E-state index in [4.69, 9.17) is 0 Å². The number of sulfonamides is 1. The number of rotatable bonds is 5. The minimum absolute atomic E-state index is 0.0263. The van der Waals surface area contributed by atoms with Crippen LogP contribution in [0.3, 0.4) is 0 Å². The van der Waals surface area contributed by atoms with Gasteiger partial charge in [0.15, 0.2) is 0 Å². The van der Waals surface area contributed by atoms with Gasteiger partial charge in [-0.2, -0.15) is 15.6 Å². The molecule has 0 saturated carbocycles. The van der Waals surface area contributed by atoms with Crippen LogP contribution in [0.2, 0.25) is 0 Å². The van der Waals surface area contributed by atoms with Gasteiger partial charge in [0.25, 0.3) is 5.91 Å². The van der Waals surface area contributed by atoms with E-state index in [1.54, 1.807) is 23.1 Å². The lowest BCUT2D eigenvalue weighted by Gasteiger charge is -2.30. The van der Waals surface area contributed by atoms with Crippen LogP contribution in [0, 0.1) is 0 Å². The van der Waals surface area contributed by atoms with Gasteiger partial charge in [-0.3, -0.25) is 4.79 Å². The molecule has 1 aliphatic rings. The molecule has 0 unspecified atom stereocenters. The zero-order valence-corrected chi connectivity index (χ0v) is 16.1. The summed E-state index contributed by atoms with van der Waals surface area (Å²) in [7, 11) is -3.48. The molecule has 0 atom stereocenters. The molecule has 0 bridgehead atoms. The fourth-order valence-electron chi connectivity index (χ4n) is 3.20. The lowest BCUT2D eigenvalue weighted by atomic mass is 10.0. The van der Waals surface area contributed by atoms with Crippen molar-refractivity contribution >= 4 is 33.0 Å². The van der Waals surface area contributed by atoms with Gasteiger partial charge in [-0.25, -0.2) is 8.42 Å². The van der Waals surface area contributed by atoms with Crippen molar-refractivity contribution in [3.8, 4) is 0 Å². The third kappa shape index (κ3) is 3.36. The molecule has 1 aromatic carbocycles. The average molecular weight is 379 g/mol. The minimum atomic E-state index is -3.48. The van der Waals surface area contributed by atoms with Crippen LogP contribution in [-0.4, -0.2) is 38.3 Å². The number of amides is 1. The van der Waals surface area contributed by atoms with Crippen molar-refractivity contribution in [3.05, 3.63) is 46.2 Å². The Bertz CT molecular complexity index is 856. The molecule has 3 rings (SSSR count). The summed E-state index contributed by atoms with van der Waals surface area (Å²) in [5.74, 6) is -0.0263. The predicted molar refractivity (Wildman–Crippen MR) is 101 cm³/mol. The normalized spacial score (nSPS) is 14.6. The number of nitrogens with zero attached hydrogens (tertiary/aromatic N) is 2. The highest BCUT2D eigenvalue weighted by Gasteiger charge is 2.27. The predicted octanol–water partition coefficient (Wildman–Crippen LogP) is 3.37. The number of anilines is 1. The molecule has 2 aromatic rings. The van der Waals surface area contributed by atoms with E-state index in [1.807, 2.05) is 30.7 Å². The smallest absolute Gasteiger partial charge is 0.259 e. The third-order valence-corrected chi connectivity index (χ3v) is 7.26. The first-order valence-electron chi connectivity index (χ1n) is 8.46. The highest BCUT2D eigenvalue weighted by molar-refractivity contribution is 7.89. The summed E-state index contributed by atoms with van der Waals surface area (Å²) in [4.78, 5) is 14.8. The van der Waals surface area contributed by atoms with E-state index in [0.29, 0.717) is 30.1 Å². The third-order valence-electron chi connectivity index (χ3n) is 4.53. The first-order chi connectivity index (χ1) is 12.0. The van der Waals surface area contributed by atoms with E-state index in [9.17, 15) is 13.2 Å². The van der Waals surface area contributed by atoms with Gasteiger partial charge in [0.2, 0.25) is 10.0 Å². The molecule has 25 heavy (non-hydrogen) atoms. The van der Waals surface area contributed by atoms with Crippen molar-refractivity contribution in [1.29, 1.82) is 0 Å². The second-order valence-corrected chi connectivity index (χ2v) is 8.67. The lowest BCUT2D eigenvalue weighted by Crippen LogP contribution is -2.35. The first kappa shape index (κ1) is 18.1. The Labute approximate surface area is 152 Å².